The number of rotatable bonds is 7. The number of para-hydroxylation sites is 1. The van der Waals surface area contributed by atoms with Crippen molar-refractivity contribution in [2.45, 2.75) is 25.8 Å². The van der Waals surface area contributed by atoms with Gasteiger partial charge >= 0.3 is 5.97 Å². The molecular formula is C16H22N2O3S. The van der Waals surface area contributed by atoms with Crippen LogP contribution in [0.5, 0.6) is 0 Å². The van der Waals surface area contributed by atoms with Crippen molar-refractivity contribution in [2.24, 2.45) is 0 Å². The molecule has 0 radical (unpaired) electrons. The third-order valence-corrected chi connectivity index (χ3v) is 4.54. The summed E-state index contributed by atoms with van der Waals surface area (Å²) in [5.41, 5.74) is 2.31. The maximum atomic E-state index is 11.7. The number of nitrogens with one attached hydrogen (secondary N) is 1. The number of hydrogen-bond acceptors (Lipinski definition) is 4. The summed E-state index contributed by atoms with van der Waals surface area (Å²) < 4.78 is 0. The predicted octanol–water partition coefficient (Wildman–Crippen LogP) is 2.11. The smallest absolute Gasteiger partial charge is 0.313 e. The quantitative estimate of drug-likeness (QED) is 0.804. The van der Waals surface area contributed by atoms with Crippen molar-refractivity contribution < 1.29 is 14.7 Å². The van der Waals surface area contributed by atoms with E-state index in [0.717, 1.165) is 30.4 Å². The van der Waals surface area contributed by atoms with Crippen molar-refractivity contribution in [3.05, 3.63) is 29.8 Å². The minimum Gasteiger partial charge on any atom is -0.481 e. The molecule has 2 rings (SSSR count). The zero-order valence-corrected chi connectivity index (χ0v) is 13.4. The van der Waals surface area contributed by atoms with Gasteiger partial charge in [0.2, 0.25) is 5.91 Å². The number of amides is 1. The number of piperidine rings is 1. The summed E-state index contributed by atoms with van der Waals surface area (Å²) >= 11 is 1.11. The molecule has 120 valence electrons. The van der Waals surface area contributed by atoms with Crippen molar-refractivity contribution in [2.75, 3.05) is 29.5 Å². The van der Waals surface area contributed by atoms with Crippen LogP contribution in [-0.4, -0.2) is 41.6 Å². The number of aliphatic carboxylic acids is 1. The van der Waals surface area contributed by atoms with E-state index in [1.807, 2.05) is 18.2 Å². The highest BCUT2D eigenvalue weighted by molar-refractivity contribution is 8.00. The van der Waals surface area contributed by atoms with Crippen LogP contribution in [0.25, 0.3) is 0 Å². The SMILES string of the molecule is O=C(O)CSCC(=O)NCc1ccccc1N1CCCCC1. The van der Waals surface area contributed by atoms with Gasteiger partial charge in [-0.1, -0.05) is 18.2 Å². The van der Waals surface area contributed by atoms with Gasteiger partial charge in [-0.05, 0) is 30.9 Å². The van der Waals surface area contributed by atoms with Gasteiger partial charge in [-0.25, -0.2) is 0 Å². The average molecular weight is 322 g/mol. The molecule has 0 saturated carbocycles. The van der Waals surface area contributed by atoms with Crippen molar-refractivity contribution in [1.82, 2.24) is 5.32 Å². The third-order valence-electron chi connectivity index (χ3n) is 3.62. The van der Waals surface area contributed by atoms with Gasteiger partial charge in [0.1, 0.15) is 0 Å². The van der Waals surface area contributed by atoms with Gasteiger partial charge in [-0.2, -0.15) is 0 Å². The van der Waals surface area contributed by atoms with Gasteiger partial charge < -0.3 is 15.3 Å². The standard InChI is InChI=1S/C16H22N2O3S/c19-15(11-22-12-16(20)21)17-10-13-6-2-3-7-14(13)18-8-4-1-5-9-18/h2-3,6-7H,1,4-5,8-12H2,(H,17,19)(H,20,21). The van der Waals surface area contributed by atoms with Crippen molar-refractivity contribution in [1.29, 1.82) is 0 Å². The molecule has 2 N–H and O–H groups in total. The third kappa shape index (κ3) is 5.26. The van der Waals surface area contributed by atoms with E-state index in [2.05, 4.69) is 16.3 Å². The maximum Gasteiger partial charge on any atom is 0.313 e. The number of carbonyl (C=O) groups excluding carboxylic acids is 1. The van der Waals surface area contributed by atoms with Crippen LogP contribution >= 0.6 is 11.8 Å². The number of benzene rings is 1. The van der Waals surface area contributed by atoms with E-state index in [0.29, 0.717) is 6.54 Å². The second kappa shape index (κ2) is 8.68. The van der Waals surface area contributed by atoms with E-state index in [9.17, 15) is 9.59 Å². The number of hydrogen-bond donors (Lipinski definition) is 2. The van der Waals surface area contributed by atoms with Crippen LogP contribution in [0.4, 0.5) is 5.69 Å². The molecule has 6 heteroatoms. The molecule has 1 aliphatic heterocycles. The molecule has 0 unspecified atom stereocenters. The van der Waals surface area contributed by atoms with Crippen LogP contribution in [0.2, 0.25) is 0 Å². The van der Waals surface area contributed by atoms with E-state index in [-0.39, 0.29) is 17.4 Å². The van der Waals surface area contributed by atoms with Gasteiger partial charge in [0.15, 0.2) is 0 Å². The number of thioether (sulfide) groups is 1. The first kappa shape index (κ1) is 16.7. The molecule has 1 aliphatic rings. The van der Waals surface area contributed by atoms with Crippen LogP contribution in [0.3, 0.4) is 0 Å². The Balaban J connectivity index is 1.87. The van der Waals surface area contributed by atoms with E-state index in [1.165, 1.54) is 24.9 Å². The molecule has 1 saturated heterocycles. The van der Waals surface area contributed by atoms with Crippen LogP contribution in [0, 0.1) is 0 Å². The van der Waals surface area contributed by atoms with Gasteiger partial charge in [-0.3, -0.25) is 9.59 Å². The fourth-order valence-corrected chi connectivity index (χ4v) is 3.14. The Hall–Kier alpha value is -1.69. The number of nitrogens with zero attached hydrogens (tertiary/aromatic N) is 1. The Morgan fingerprint density at radius 2 is 1.86 bits per heavy atom. The summed E-state index contributed by atoms with van der Waals surface area (Å²) in [6.45, 7) is 2.62. The zero-order valence-electron chi connectivity index (χ0n) is 12.6. The largest absolute Gasteiger partial charge is 0.481 e. The lowest BCUT2D eigenvalue weighted by Crippen LogP contribution is -2.31. The summed E-state index contributed by atoms with van der Waals surface area (Å²) in [5, 5.41) is 11.4. The lowest BCUT2D eigenvalue weighted by molar-refractivity contribution is -0.133. The molecule has 1 fully saturated rings. The molecule has 0 aromatic heterocycles. The van der Waals surface area contributed by atoms with Gasteiger partial charge in [0, 0.05) is 25.3 Å². The zero-order chi connectivity index (χ0) is 15.8. The Bertz CT molecular complexity index is 516. The maximum absolute atomic E-state index is 11.7. The van der Waals surface area contributed by atoms with E-state index in [4.69, 9.17) is 5.11 Å². The molecule has 0 aliphatic carbocycles. The van der Waals surface area contributed by atoms with Crippen LogP contribution < -0.4 is 10.2 Å². The minimum absolute atomic E-state index is 0.0439. The highest BCUT2D eigenvalue weighted by atomic mass is 32.2. The Kier molecular flexibility index (Phi) is 6.58. The highest BCUT2D eigenvalue weighted by Crippen LogP contribution is 2.23. The van der Waals surface area contributed by atoms with Gasteiger partial charge in [0.05, 0.1) is 11.5 Å². The monoisotopic (exact) mass is 322 g/mol. The number of carboxylic acids is 1. The number of anilines is 1. The van der Waals surface area contributed by atoms with Crippen molar-refractivity contribution >= 4 is 29.3 Å². The molecular weight excluding hydrogens is 300 g/mol. The van der Waals surface area contributed by atoms with E-state index >= 15 is 0 Å². The summed E-state index contributed by atoms with van der Waals surface area (Å²) in [6.07, 6.45) is 3.72. The molecule has 22 heavy (non-hydrogen) atoms. The van der Waals surface area contributed by atoms with Crippen molar-refractivity contribution in [3.8, 4) is 0 Å². The van der Waals surface area contributed by atoms with Crippen LogP contribution in [-0.2, 0) is 16.1 Å². The van der Waals surface area contributed by atoms with E-state index in [1.54, 1.807) is 0 Å². The molecule has 1 aromatic carbocycles. The number of carboxylic acid groups (broad SMARTS) is 1. The van der Waals surface area contributed by atoms with E-state index < -0.39 is 5.97 Å². The predicted molar refractivity (Wildman–Crippen MR) is 89.3 cm³/mol. The Morgan fingerprint density at radius 1 is 1.14 bits per heavy atom. The first-order valence-electron chi connectivity index (χ1n) is 7.56. The van der Waals surface area contributed by atoms with Crippen LogP contribution in [0.1, 0.15) is 24.8 Å². The topological polar surface area (TPSA) is 69.6 Å². The highest BCUT2D eigenvalue weighted by Gasteiger charge is 2.14. The first-order valence-corrected chi connectivity index (χ1v) is 8.71. The summed E-state index contributed by atoms with van der Waals surface area (Å²) in [6, 6.07) is 8.15. The average Bonchev–Trinajstić information content (AvgIpc) is 2.54. The molecule has 1 aromatic rings. The number of carbonyl (C=O) groups is 2. The normalized spacial score (nSPS) is 14.6. The second-order valence-electron chi connectivity index (χ2n) is 5.34. The molecule has 1 heterocycles. The molecule has 0 bridgehead atoms. The summed E-state index contributed by atoms with van der Waals surface area (Å²) in [5.74, 6) is -0.886. The summed E-state index contributed by atoms with van der Waals surface area (Å²) in [7, 11) is 0. The van der Waals surface area contributed by atoms with Crippen LogP contribution in [0.15, 0.2) is 24.3 Å². The Labute approximate surface area is 135 Å². The fraction of sp³-hybridized carbons (Fsp3) is 0.500. The minimum atomic E-state index is -0.895. The molecule has 0 atom stereocenters. The molecule has 0 spiro atoms. The van der Waals surface area contributed by atoms with Gasteiger partial charge in [-0.15, -0.1) is 11.8 Å². The lowest BCUT2D eigenvalue weighted by atomic mass is 10.1. The molecule has 5 nitrogen and oxygen atoms in total. The van der Waals surface area contributed by atoms with Crippen molar-refractivity contribution in [3.63, 3.8) is 0 Å². The first-order chi connectivity index (χ1) is 10.7. The Morgan fingerprint density at radius 3 is 2.59 bits per heavy atom. The second-order valence-corrected chi connectivity index (χ2v) is 6.33. The lowest BCUT2D eigenvalue weighted by Gasteiger charge is -2.30. The molecule has 1 amide bonds. The fourth-order valence-electron chi connectivity index (χ4n) is 2.58. The summed E-state index contributed by atoms with van der Waals surface area (Å²) in [4.78, 5) is 24.5. The van der Waals surface area contributed by atoms with Gasteiger partial charge in [0.25, 0.3) is 0 Å².